The quantitative estimate of drug-likeness (QED) is 0.781. The van der Waals surface area contributed by atoms with Crippen LogP contribution in [-0.4, -0.2) is 26.9 Å². The lowest BCUT2D eigenvalue weighted by Gasteiger charge is -2.29. The summed E-state index contributed by atoms with van der Waals surface area (Å²) in [7, 11) is 0. The molecule has 6 heteroatoms. The number of aromatic nitrogens is 2. The van der Waals surface area contributed by atoms with E-state index in [1.807, 2.05) is 0 Å². The molecule has 0 saturated heterocycles. The number of rotatable bonds is 2. The van der Waals surface area contributed by atoms with Gasteiger partial charge in [-0.1, -0.05) is 0 Å². The smallest absolute Gasteiger partial charge is 0.270 e. The summed E-state index contributed by atoms with van der Waals surface area (Å²) in [6.45, 7) is 1.01. The van der Waals surface area contributed by atoms with Crippen molar-refractivity contribution in [3.05, 3.63) is 87.9 Å². The molecule has 3 aromatic rings. The Labute approximate surface area is 143 Å². The fourth-order valence-corrected chi connectivity index (χ4v) is 3.14. The van der Waals surface area contributed by atoms with Crippen LogP contribution in [0.1, 0.15) is 21.6 Å². The largest absolute Gasteiger partial charge is 0.357 e. The molecule has 4 rings (SSSR count). The highest BCUT2D eigenvalue weighted by Crippen LogP contribution is 2.20. The van der Waals surface area contributed by atoms with E-state index < -0.39 is 0 Å². The topological polar surface area (TPSA) is 58.1 Å². The van der Waals surface area contributed by atoms with Crippen molar-refractivity contribution in [2.45, 2.75) is 13.0 Å². The van der Waals surface area contributed by atoms with Crippen LogP contribution in [0.2, 0.25) is 0 Å². The standard InChI is InChI=1S/C19H16FN3O2/c20-15-3-5-16(6-4-15)23-12-14-11-22(9-7-13(14)10-18(23)24)19(25)17-2-1-8-21-17/h1-6,8,10,12,21H,7,9,11H2. The molecule has 0 fully saturated rings. The zero-order valence-electron chi connectivity index (χ0n) is 13.4. The number of nitrogens with zero attached hydrogens (tertiary/aromatic N) is 2. The number of carbonyl (C=O) groups excluding carboxylic acids is 1. The molecule has 1 aliphatic rings. The highest BCUT2D eigenvalue weighted by Gasteiger charge is 2.23. The Balaban J connectivity index is 1.67. The molecule has 0 radical (unpaired) electrons. The van der Waals surface area contributed by atoms with E-state index in [1.165, 1.54) is 16.7 Å². The predicted molar refractivity (Wildman–Crippen MR) is 91.2 cm³/mol. The molecule has 1 amide bonds. The summed E-state index contributed by atoms with van der Waals surface area (Å²) in [5, 5.41) is 0. The Morgan fingerprint density at radius 3 is 2.64 bits per heavy atom. The molecule has 0 aliphatic carbocycles. The van der Waals surface area contributed by atoms with E-state index in [2.05, 4.69) is 4.98 Å². The number of aromatic amines is 1. The van der Waals surface area contributed by atoms with Crippen LogP contribution in [-0.2, 0) is 13.0 Å². The average Bonchev–Trinajstić information content (AvgIpc) is 3.15. The van der Waals surface area contributed by atoms with Gasteiger partial charge in [-0.15, -0.1) is 0 Å². The summed E-state index contributed by atoms with van der Waals surface area (Å²) in [6.07, 6.45) is 4.11. The van der Waals surface area contributed by atoms with Gasteiger partial charge in [0, 0.05) is 37.2 Å². The normalized spacial score (nSPS) is 13.6. The molecule has 1 N–H and O–H groups in total. The second-order valence-electron chi connectivity index (χ2n) is 6.07. The molecule has 1 aromatic carbocycles. The third kappa shape index (κ3) is 2.87. The maximum Gasteiger partial charge on any atom is 0.270 e. The van der Waals surface area contributed by atoms with Gasteiger partial charge in [-0.2, -0.15) is 0 Å². The van der Waals surface area contributed by atoms with Crippen molar-refractivity contribution in [3.8, 4) is 5.69 Å². The van der Waals surface area contributed by atoms with Crippen molar-refractivity contribution < 1.29 is 9.18 Å². The number of fused-ring (bicyclic) bond motifs is 1. The fourth-order valence-electron chi connectivity index (χ4n) is 3.14. The van der Waals surface area contributed by atoms with Crippen molar-refractivity contribution in [1.82, 2.24) is 14.5 Å². The number of hydrogen-bond donors (Lipinski definition) is 1. The van der Waals surface area contributed by atoms with E-state index in [0.717, 1.165) is 11.1 Å². The van der Waals surface area contributed by atoms with Crippen LogP contribution in [0.15, 0.2) is 59.7 Å². The first-order chi connectivity index (χ1) is 12.1. The Morgan fingerprint density at radius 2 is 1.92 bits per heavy atom. The second-order valence-corrected chi connectivity index (χ2v) is 6.07. The monoisotopic (exact) mass is 337 g/mol. The summed E-state index contributed by atoms with van der Waals surface area (Å²) in [5.41, 5.74) is 2.88. The summed E-state index contributed by atoms with van der Waals surface area (Å²) in [4.78, 5) is 29.6. The van der Waals surface area contributed by atoms with Gasteiger partial charge in [0.1, 0.15) is 11.5 Å². The van der Waals surface area contributed by atoms with Gasteiger partial charge in [-0.25, -0.2) is 4.39 Å². The van der Waals surface area contributed by atoms with Crippen molar-refractivity contribution in [2.75, 3.05) is 6.54 Å². The van der Waals surface area contributed by atoms with Crippen LogP contribution in [0, 0.1) is 5.82 Å². The Kier molecular flexibility index (Phi) is 3.72. The average molecular weight is 337 g/mol. The molecule has 25 heavy (non-hydrogen) atoms. The zero-order chi connectivity index (χ0) is 17.4. The first-order valence-electron chi connectivity index (χ1n) is 8.05. The number of nitrogens with one attached hydrogen (secondary N) is 1. The van der Waals surface area contributed by atoms with Gasteiger partial charge in [-0.05, 0) is 53.9 Å². The van der Waals surface area contributed by atoms with Crippen molar-refractivity contribution in [1.29, 1.82) is 0 Å². The maximum absolute atomic E-state index is 13.1. The van der Waals surface area contributed by atoms with Gasteiger partial charge < -0.3 is 9.88 Å². The number of benzene rings is 1. The fraction of sp³-hybridized carbons (Fsp3) is 0.158. The minimum absolute atomic E-state index is 0.0600. The number of halogens is 1. The Hall–Kier alpha value is -3.15. The molecule has 126 valence electrons. The minimum atomic E-state index is -0.350. The minimum Gasteiger partial charge on any atom is -0.357 e. The maximum atomic E-state index is 13.1. The molecular formula is C19H16FN3O2. The predicted octanol–water partition coefficient (Wildman–Crippen LogP) is 2.50. The zero-order valence-corrected chi connectivity index (χ0v) is 13.4. The lowest BCUT2D eigenvalue weighted by Crippen LogP contribution is -2.37. The molecule has 0 unspecified atom stereocenters. The van der Waals surface area contributed by atoms with Gasteiger partial charge in [0.2, 0.25) is 0 Å². The van der Waals surface area contributed by atoms with Crippen LogP contribution in [0.5, 0.6) is 0 Å². The summed E-state index contributed by atoms with van der Waals surface area (Å²) in [6, 6.07) is 10.9. The van der Waals surface area contributed by atoms with E-state index in [-0.39, 0.29) is 17.3 Å². The van der Waals surface area contributed by atoms with Crippen LogP contribution in [0.3, 0.4) is 0 Å². The van der Waals surface area contributed by atoms with Gasteiger partial charge >= 0.3 is 0 Å². The second kappa shape index (κ2) is 6.05. The number of H-pyrrole nitrogens is 1. The van der Waals surface area contributed by atoms with Crippen molar-refractivity contribution in [2.24, 2.45) is 0 Å². The molecule has 0 bridgehead atoms. The van der Waals surface area contributed by atoms with Gasteiger partial charge in [0.25, 0.3) is 11.5 Å². The van der Waals surface area contributed by atoms with Crippen LogP contribution in [0.25, 0.3) is 5.69 Å². The van der Waals surface area contributed by atoms with Crippen molar-refractivity contribution in [3.63, 3.8) is 0 Å². The van der Waals surface area contributed by atoms with Crippen LogP contribution < -0.4 is 5.56 Å². The Bertz CT molecular complexity index is 975. The molecule has 5 nitrogen and oxygen atoms in total. The SMILES string of the molecule is O=C(c1ccc[nH]1)N1CCc2cc(=O)n(-c3ccc(F)cc3)cc2C1. The number of carbonyl (C=O) groups is 1. The number of pyridine rings is 1. The van der Waals surface area contributed by atoms with Gasteiger partial charge in [0.05, 0.1) is 0 Å². The first kappa shape index (κ1) is 15.4. The van der Waals surface area contributed by atoms with Gasteiger partial charge in [-0.3, -0.25) is 14.2 Å². The van der Waals surface area contributed by atoms with E-state index in [0.29, 0.717) is 30.9 Å². The van der Waals surface area contributed by atoms with E-state index in [9.17, 15) is 14.0 Å². The highest BCUT2D eigenvalue weighted by molar-refractivity contribution is 5.92. The van der Waals surface area contributed by atoms with Crippen molar-refractivity contribution >= 4 is 5.91 Å². The van der Waals surface area contributed by atoms with E-state index in [4.69, 9.17) is 0 Å². The molecule has 2 aromatic heterocycles. The third-order valence-corrected chi connectivity index (χ3v) is 4.47. The summed E-state index contributed by atoms with van der Waals surface area (Å²) >= 11 is 0. The molecule has 1 aliphatic heterocycles. The molecule has 0 atom stereocenters. The lowest BCUT2D eigenvalue weighted by atomic mass is 10.0. The van der Waals surface area contributed by atoms with Gasteiger partial charge in [0.15, 0.2) is 0 Å². The third-order valence-electron chi connectivity index (χ3n) is 4.47. The molecule has 0 spiro atoms. The lowest BCUT2D eigenvalue weighted by molar-refractivity contribution is 0.0729. The first-order valence-corrected chi connectivity index (χ1v) is 8.05. The molecule has 0 saturated carbocycles. The number of amides is 1. The molecule has 3 heterocycles. The summed E-state index contributed by atoms with van der Waals surface area (Å²) < 4.78 is 14.6. The van der Waals surface area contributed by atoms with E-state index in [1.54, 1.807) is 47.6 Å². The number of hydrogen-bond acceptors (Lipinski definition) is 2. The van der Waals surface area contributed by atoms with E-state index >= 15 is 0 Å². The van der Waals surface area contributed by atoms with Crippen LogP contribution in [0.4, 0.5) is 4.39 Å². The summed E-state index contributed by atoms with van der Waals surface area (Å²) in [5.74, 6) is -0.410. The molecular weight excluding hydrogens is 321 g/mol. The highest BCUT2D eigenvalue weighted by atomic mass is 19.1. The Morgan fingerprint density at radius 1 is 1.12 bits per heavy atom. The van der Waals surface area contributed by atoms with Crippen LogP contribution >= 0.6 is 0 Å².